The molecule has 0 fully saturated rings. The maximum Gasteiger partial charge on any atom is 0.147 e. The second-order valence-electron chi connectivity index (χ2n) is 2.55. The van der Waals surface area contributed by atoms with Gasteiger partial charge in [0.25, 0.3) is 0 Å². The lowest BCUT2D eigenvalue weighted by atomic mass is 10.5. The van der Waals surface area contributed by atoms with Gasteiger partial charge in [-0.25, -0.2) is 15.0 Å². The highest BCUT2D eigenvalue weighted by Crippen LogP contribution is 2.04. The molecule has 2 rings (SSSR count). The summed E-state index contributed by atoms with van der Waals surface area (Å²) in [7, 11) is 0. The highest BCUT2D eigenvalue weighted by atomic mass is 79.9. The number of rotatable bonds is 2. The molecule has 2 heterocycles. The molecule has 0 amide bonds. The minimum absolute atomic E-state index is 0.660. The Morgan fingerprint density at radius 3 is 2.69 bits per heavy atom. The van der Waals surface area contributed by atoms with E-state index in [9.17, 15) is 0 Å². The summed E-state index contributed by atoms with van der Waals surface area (Å²) in [6.07, 6.45) is 8.83. The molecule has 0 atom stereocenters. The Hall–Kier alpha value is -1.23. The van der Waals surface area contributed by atoms with Gasteiger partial charge in [0.05, 0.1) is 17.3 Å². The second-order valence-corrected chi connectivity index (χ2v) is 3.47. The van der Waals surface area contributed by atoms with Crippen LogP contribution in [0.4, 0.5) is 0 Å². The lowest BCUT2D eigenvalue weighted by Crippen LogP contribution is -2.01. The fraction of sp³-hybridized carbons (Fsp3) is 0.125. The summed E-state index contributed by atoms with van der Waals surface area (Å²) in [5.41, 5.74) is 0. The van der Waals surface area contributed by atoms with E-state index in [0.717, 1.165) is 10.3 Å². The molecule has 0 unspecified atom stereocenters. The molecule has 66 valence electrons. The summed E-state index contributed by atoms with van der Waals surface area (Å²) >= 11 is 3.28. The highest BCUT2D eigenvalue weighted by molar-refractivity contribution is 9.10. The van der Waals surface area contributed by atoms with Crippen molar-refractivity contribution in [2.75, 3.05) is 0 Å². The standard InChI is InChI=1S/C8H7BrN4/c9-7-3-11-8(12-4-7)5-13-2-1-10-6-13/h1-4,6H,5H2. The van der Waals surface area contributed by atoms with Crippen molar-refractivity contribution in [2.24, 2.45) is 0 Å². The molecule has 0 bridgehead atoms. The van der Waals surface area contributed by atoms with Gasteiger partial charge in [0.15, 0.2) is 0 Å². The van der Waals surface area contributed by atoms with Crippen LogP contribution in [0.15, 0.2) is 35.6 Å². The maximum atomic E-state index is 4.15. The second kappa shape index (κ2) is 3.66. The van der Waals surface area contributed by atoms with Crippen molar-refractivity contribution in [1.82, 2.24) is 19.5 Å². The molecular formula is C8H7BrN4. The number of hydrogen-bond acceptors (Lipinski definition) is 3. The number of halogens is 1. The quantitative estimate of drug-likeness (QED) is 0.797. The Kier molecular flexibility index (Phi) is 2.35. The zero-order valence-electron chi connectivity index (χ0n) is 6.76. The minimum atomic E-state index is 0.660. The van der Waals surface area contributed by atoms with Crippen LogP contribution in [0.5, 0.6) is 0 Å². The van der Waals surface area contributed by atoms with Gasteiger partial charge in [-0.1, -0.05) is 0 Å². The lowest BCUT2D eigenvalue weighted by molar-refractivity contribution is 0.741. The van der Waals surface area contributed by atoms with Crippen LogP contribution in [0.1, 0.15) is 5.82 Å². The van der Waals surface area contributed by atoms with Crippen molar-refractivity contribution >= 4 is 15.9 Å². The smallest absolute Gasteiger partial charge is 0.147 e. The maximum absolute atomic E-state index is 4.15. The first-order valence-corrected chi connectivity index (χ1v) is 4.56. The van der Waals surface area contributed by atoms with Crippen LogP contribution in [0.3, 0.4) is 0 Å². The van der Waals surface area contributed by atoms with E-state index in [1.54, 1.807) is 24.9 Å². The van der Waals surface area contributed by atoms with Crippen molar-refractivity contribution < 1.29 is 0 Å². The summed E-state index contributed by atoms with van der Waals surface area (Å²) in [6, 6.07) is 0. The van der Waals surface area contributed by atoms with Crippen molar-refractivity contribution in [3.8, 4) is 0 Å². The third-order valence-corrected chi connectivity index (χ3v) is 1.97. The summed E-state index contributed by atoms with van der Waals surface area (Å²) < 4.78 is 2.81. The predicted octanol–water partition coefficient (Wildman–Crippen LogP) is 1.48. The third-order valence-electron chi connectivity index (χ3n) is 1.56. The normalized spacial score (nSPS) is 10.2. The van der Waals surface area contributed by atoms with Crippen LogP contribution in [0.2, 0.25) is 0 Å². The Morgan fingerprint density at radius 2 is 2.08 bits per heavy atom. The molecule has 0 spiro atoms. The molecular weight excluding hydrogens is 232 g/mol. The molecule has 2 aromatic rings. The van der Waals surface area contributed by atoms with E-state index in [0.29, 0.717) is 6.54 Å². The predicted molar refractivity (Wildman–Crippen MR) is 51.1 cm³/mol. The van der Waals surface area contributed by atoms with Crippen molar-refractivity contribution in [3.05, 3.63) is 41.4 Å². The van der Waals surface area contributed by atoms with Gasteiger partial charge in [-0.2, -0.15) is 0 Å². The van der Waals surface area contributed by atoms with Crippen LogP contribution in [0.25, 0.3) is 0 Å². The largest absolute Gasteiger partial charge is 0.330 e. The van der Waals surface area contributed by atoms with Crippen molar-refractivity contribution in [2.45, 2.75) is 6.54 Å². The van der Waals surface area contributed by atoms with Crippen LogP contribution in [-0.2, 0) is 6.54 Å². The van der Waals surface area contributed by atoms with Gasteiger partial charge < -0.3 is 4.57 Å². The Morgan fingerprint density at radius 1 is 1.31 bits per heavy atom. The molecule has 0 saturated carbocycles. The minimum Gasteiger partial charge on any atom is -0.330 e. The number of aromatic nitrogens is 4. The van der Waals surface area contributed by atoms with Crippen LogP contribution in [-0.4, -0.2) is 19.5 Å². The van der Waals surface area contributed by atoms with Gasteiger partial charge in [-0.3, -0.25) is 0 Å². The summed E-state index contributed by atoms with van der Waals surface area (Å²) in [6.45, 7) is 0.660. The van der Waals surface area contributed by atoms with E-state index < -0.39 is 0 Å². The molecule has 0 aliphatic heterocycles. The number of nitrogens with zero attached hydrogens (tertiary/aromatic N) is 4. The van der Waals surface area contributed by atoms with E-state index in [-0.39, 0.29) is 0 Å². The molecule has 0 aliphatic carbocycles. The Balaban J connectivity index is 2.15. The van der Waals surface area contributed by atoms with Gasteiger partial charge in [-0.15, -0.1) is 0 Å². The van der Waals surface area contributed by atoms with E-state index in [4.69, 9.17) is 0 Å². The summed E-state index contributed by atoms with van der Waals surface area (Å²) in [4.78, 5) is 12.2. The summed E-state index contributed by atoms with van der Waals surface area (Å²) in [5.74, 6) is 0.779. The van der Waals surface area contributed by atoms with Crippen LogP contribution < -0.4 is 0 Å². The van der Waals surface area contributed by atoms with Crippen LogP contribution >= 0.6 is 15.9 Å². The topological polar surface area (TPSA) is 43.6 Å². The van der Waals surface area contributed by atoms with Gasteiger partial charge in [0, 0.05) is 24.8 Å². The average molecular weight is 239 g/mol. The van der Waals surface area contributed by atoms with Gasteiger partial charge in [0.2, 0.25) is 0 Å². The Labute approximate surface area is 83.8 Å². The first kappa shape index (κ1) is 8.37. The van der Waals surface area contributed by atoms with E-state index in [2.05, 4.69) is 30.9 Å². The molecule has 5 heteroatoms. The molecule has 13 heavy (non-hydrogen) atoms. The molecule has 0 saturated heterocycles. The number of imidazole rings is 1. The molecule has 4 nitrogen and oxygen atoms in total. The molecule has 2 aromatic heterocycles. The van der Waals surface area contributed by atoms with E-state index >= 15 is 0 Å². The van der Waals surface area contributed by atoms with E-state index in [1.165, 1.54) is 0 Å². The average Bonchev–Trinajstić information content (AvgIpc) is 2.62. The van der Waals surface area contributed by atoms with Gasteiger partial charge in [-0.05, 0) is 15.9 Å². The Bertz CT molecular complexity index is 368. The molecule has 0 aromatic carbocycles. The molecule has 0 radical (unpaired) electrons. The first-order chi connectivity index (χ1) is 6.34. The van der Waals surface area contributed by atoms with Gasteiger partial charge >= 0.3 is 0 Å². The highest BCUT2D eigenvalue weighted by Gasteiger charge is 1.96. The SMILES string of the molecule is Brc1cnc(Cn2ccnc2)nc1. The fourth-order valence-corrected chi connectivity index (χ4v) is 1.17. The zero-order valence-corrected chi connectivity index (χ0v) is 8.35. The van der Waals surface area contributed by atoms with Crippen molar-refractivity contribution in [3.63, 3.8) is 0 Å². The first-order valence-electron chi connectivity index (χ1n) is 3.77. The fourth-order valence-electron chi connectivity index (χ4n) is 0.964. The number of hydrogen-bond donors (Lipinski definition) is 0. The zero-order chi connectivity index (χ0) is 9.10. The molecule has 0 N–H and O–H groups in total. The lowest BCUT2D eigenvalue weighted by Gasteiger charge is -1.99. The van der Waals surface area contributed by atoms with Crippen molar-refractivity contribution in [1.29, 1.82) is 0 Å². The monoisotopic (exact) mass is 238 g/mol. The third kappa shape index (κ3) is 2.12. The summed E-state index contributed by atoms with van der Waals surface area (Å²) in [5, 5.41) is 0. The van der Waals surface area contributed by atoms with Crippen LogP contribution in [0, 0.1) is 0 Å². The van der Waals surface area contributed by atoms with Gasteiger partial charge in [0.1, 0.15) is 5.82 Å². The van der Waals surface area contributed by atoms with E-state index in [1.807, 2.05) is 10.8 Å². The molecule has 0 aliphatic rings.